The molecule has 0 N–H and O–H groups in total. The lowest BCUT2D eigenvalue weighted by atomic mass is 9.95. The van der Waals surface area contributed by atoms with Crippen LogP contribution in [-0.4, -0.2) is 28.9 Å². The molecule has 160 valence electrons. The van der Waals surface area contributed by atoms with E-state index in [1.807, 2.05) is 31.4 Å². The van der Waals surface area contributed by atoms with Gasteiger partial charge in [0.25, 0.3) is 0 Å². The number of hydrogen-bond acceptors (Lipinski definition) is 6. The van der Waals surface area contributed by atoms with E-state index in [-0.39, 0.29) is 32.4 Å². The van der Waals surface area contributed by atoms with Crippen molar-refractivity contribution < 1.29 is 17.2 Å². The average Bonchev–Trinajstić information content (AvgIpc) is 3.25. The highest BCUT2D eigenvalue weighted by Crippen LogP contribution is 2.31. The Hall–Kier alpha value is -2.38. The van der Waals surface area contributed by atoms with E-state index in [2.05, 4.69) is 9.97 Å². The highest BCUT2D eigenvalue weighted by Gasteiger charge is 2.27. The Morgan fingerprint density at radius 1 is 1.23 bits per heavy atom. The monoisotopic (exact) mass is 452 g/mol. The molecule has 0 amide bonds. The third-order valence-electron chi connectivity index (χ3n) is 4.52. The fraction of sp³-hybridized carbons (Fsp3) is 0.450. The minimum atomic E-state index is -3.89. The smallest absolute Gasteiger partial charge is 0.245 e. The lowest BCUT2D eigenvalue weighted by Gasteiger charge is -2.20. The number of aryl methyl sites for hydroxylation is 1. The van der Waals surface area contributed by atoms with Crippen molar-refractivity contribution in [1.29, 1.82) is 5.26 Å². The third kappa shape index (κ3) is 4.52. The van der Waals surface area contributed by atoms with Crippen LogP contribution in [0.1, 0.15) is 51.2 Å². The maximum atomic E-state index is 13.3. The van der Waals surface area contributed by atoms with E-state index < -0.39 is 15.8 Å². The van der Waals surface area contributed by atoms with Gasteiger partial charge in [0, 0.05) is 18.4 Å². The zero-order valence-corrected chi connectivity index (χ0v) is 18.7. The quantitative estimate of drug-likeness (QED) is 0.529. The fourth-order valence-electron chi connectivity index (χ4n) is 3.16. The largest absolute Gasteiger partial charge is 0.328 e. The lowest BCUT2D eigenvalue weighted by molar-refractivity contribution is 0.00990. The predicted octanol–water partition coefficient (Wildman–Crippen LogP) is 4.93. The molecule has 0 unspecified atom stereocenters. The number of sulfone groups is 1. The highest BCUT2D eigenvalue weighted by molar-refractivity contribution is 7.93. The van der Waals surface area contributed by atoms with Crippen molar-refractivity contribution in [3.05, 3.63) is 35.1 Å². The van der Waals surface area contributed by atoms with Gasteiger partial charge in [0.2, 0.25) is 20.1 Å². The van der Waals surface area contributed by atoms with Crippen molar-refractivity contribution in [3.8, 4) is 6.07 Å². The number of alkyl halides is 2. The van der Waals surface area contributed by atoms with Crippen LogP contribution >= 0.6 is 11.3 Å². The van der Waals surface area contributed by atoms with Crippen molar-refractivity contribution >= 4 is 32.2 Å². The molecule has 0 radical (unpaired) electrons. The summed E-state index contributed by atoms with van der Waals surface area (Å²) in [5.41, 5.74) is 0.806. The summed E-state index contributed by atoms with van der Waals surface area (Å²) in [5.74, 6) is -2.04. The standard InChI is InChI=1S/C20H22F2N4O2S2/c1-19(2,3)17-25-15-10-14(30(27,28)18-24-12-13(11-23)29-18)6-7-16(15)26(17)9-5-8-20(4,21)22/h6-7,10,12H,5,8-9H2,1-4H3. The van der Waals surface area contributed by atoms with Gasteiger partial charge in [0.05, 0.1) is 22.1 Å². The average molecular weight is 453 g/mol. The Morgan fingerprint density at radius 3 is 2.50 bits per heavy atom. The van der Waals surface area contributed by atoms with Gasteiger partial charge >= 0.3 is 0 Å². The molecule has 2 heterocycles. The molecule has 0 bridgehead atoms. The van der Waals surface area contributed by atoms with Crippen LogP contribution in [0.4, 0.5) is 8.78 Å². The Balaban J connectivity index is 2.05. The molecule has 0 aliphatic carbocycles. The summed E-state index contributed by atoms with van der Waals surface area (Å²) in [7, 11) is -3.89. The molecule has 6 nitrogen and oxygen atoms in total. The Kier molecular flexibility index (Phi) is 5.73. The van der Waals surface area contributed by atoms with Crippen LogP contribution in [0.15, 0.2) is 33.6 Å². The summed E-state index contributed by atoms with van der Waals surface area (Å²) in [6.45, 7) is 7.16. The third-order valence-corrected chi connectivity index (χ3v) is 7.57. The van der Waals surface area contributed by atoms with Crippen LogP contribution in [0.25, 0.3) is 11.0 Å². The second kappa shape index (κ2) is 7.71. The SMILES string of the molecule is CC(F)(F)CCCn1c(C(C)(C)C)nc2cc(S(=O)(=O)c3ncc(C#N)s3)ccc21. The van der Waals surface area contributed by atoms with Crippen LogP contribution in [0.5, 0.6) is 0 Å². The summed E-state index contributed by atoms with van der Waals surface area (Å²) in [5, 5.41) is 8.93. The number of hydrogen-bond donors (Lipinski definition) is 0. The zero-order chi connectivity index (χ0) is 22.3. The normalized spacial score (nSPS) is 13.0. The lowest BCUT2D eigenvalue weighted by Crippen LogP contribution is -2.20. The summed E-state index contributed by atoms with van der Waals surface area (Å²) >= 11 is 0.809. The van der Waals surface area contributed by atoms with E-state index in [4.69, 9.17) is 5.26 Å². The van der Waals surface area contributed by atoms with Crippen LogP contribution in [0, 0.1) is 11.3 Å². The molecule has 0 atom stereocenters. The van der Waals surface area contributed by atoms with Crippen molar-refractivity contribution in [2.45, 2.75) is 67.7 Å². The second-order valence-electron chi connectivity index (χ2n) is 8.27. The van der Waals surface area contributed by atoms with E-state index in [0.717, 1.165) is 18.3 Å². The number of halogens is 2. The number of aromatic nitrogens is 3. The Labute approximate surface area is 178 Å². The second-order valence-corrected chi connectivity index (χ2v) is 11.4. The number of rotatable bonds is 6. The van der Waals surface area contributed by atoms with Crippen LogP contribution < -0.4 is 0 Å². The van der Waals surface area contributed by atoms with Crippen molar-refractivity contribution in [2.24, 2.45) is 0 Å². The highest BCUT2D eigenvalue weighted by atomic mass is 32.2. The molecular weight excluding hydrogens is 430 g/mol. The molecule has 0 fully saturated rings. The van der Waals surface area contributed by atoms with Gasteiger partial charge in [0.15, 0.2) is 0 Å². The first kappa shape index (κ1) is 22.3. The van der Waals surface area contributed by atoms with E-state index in [0.29, 0.717) is 23.4 Å². The van der Waals surface area contributed by atoms with E-state index in [1.165, 1.54) is 18.3 Å². The molecule has 3 aromatic rings. The molecule has 0 aliphatic heterocycles. The predicted molar refractivity (Wildman–Crippen MR) is 111 cm³/mol. The van der Waals surface area contributed by atoms with Gasteiger partial charge < -0.3 is 4.57 Å². The molecule has 2 aromatic heterocycles. The Morgan fingerprint density at radius 2 is 1.93 bits per heavy atom. The summed E-state index contributed by atoms with van der Waals surface area (Å²) < 4.78 is 54.0. The molecular formula is C20H22F2N4O2S2. The number of fused-ring (bicyclic) bond motifs is 1. The molecule has 0 saturated heterocycles. The van der Waals surface area contributed by atoms with Crippen LogP contribution in [0.3, 0.4) is 0 Å². The number of benzene rings is 1. The minimum absolute atomic E-state index is 0.0269. The number of imidazole rings is 1. The Bertz CT molecular complexity index is 1230. The molecule has 3 rings (SSSR count). The van der Waals surface area contributed by atoms with Gasteiger partial charge in [-0.05, 0) is 31.5 Å². The first-order valence-corrected chi connectivity index (χ1v) is 11.6. The number of nitrogens with zero attached hydrogens (tertiary/aromatic N) is 4. The zero-order valence-electron chi connectivity index (χ0n) is 17.1. The van der Waals surface area contributed by atoms with Crippen LogP contribution in [0.2, 0.25) is 0 Å². The van der Waals surface area contributed by atoms with Gasteiger partial charge in [-0.3, -0.25) is 0 Å². The number of thiazole rings is 1. The first-order valence-electron chi connectivity index (χ1n) is 9.32. The molecule has 0 spiro atoms. The molecule has 0 aliphatic rings. The molecule has 30 heavy (non-hydrogen) atoms. The molecule has 0 saturated carbocycles. The van der Waals surface area contributed by atoms with Gasteiger partial charge in [-0.25, -0.2) is 27.2 Å². The fourth-order valence-corrected chi connectivity index (χ4v) is 5.51. The summed E-state index contributed by atoms with van der Waals surface area (Å²) in [6, 6.07) is 6.46. The summed E-state index contributed by atoms with van der Waals surface area (Å²) in [4.78, 5) is 8.72. The van der Waals surface area contributed by atoms with Crippen LogP contribution in [-0.2, 0) is 21.8 Å². The van der Waals surface area contributed by atoms with Gasteiger partial charge in [0.1, 0.15) is 16.8 Å². The maximum Gasteiger partial charge on any atom is 0.245 e. The van der Waals surface area contributed by atoms with Gasteiger partial charge in [-0.1, -0.05) is 32.1 Å². The van der Waals surface area contributed by atoms with Gasteiger partial charge in [-0.15, -0.1) is 0 Å². The first-order chi connectivity index (χ1) is 13.8. The molecule has 10 heteroatoms. The van der Waals surface area contributed by atoms with E-state index in [1.54, 1.807) is 6.07 Å². The number of nitriles is 1. The van der Waals surface area contributed by atoms with Gasteiger partial charge in [-0.2, -0.15) is 5.26 Å². The van der Waals surface area contributed by atoms with E-state index in [9.17, 15) is 17.2 Å². The maximum absolute atomic E-state index is 13.3. The minimum Gasteiger partial charge on any atom is -0.328 e. The topological polar surface area (TPSA) is 88.6 Å². The molecule has 1 aromatic carbocycles. The summed E-state index contributed by atoms with van der Waals surface area (Å²) in [6.07, 6.45) is 1.26. The van der Waals surface area contributed by atoms with Crippen molar-refractivity contribution in [3.63, 3.8) is 0 Å². The van der Waals surface area contributed by atoms with E-state index >= 15 is 0 Å². The van der Waals surface area contributed by atoms with Crippen molar-refractivity contribution in [1.82, 2.24) is 14.5 Å². The van der Waals surface area contributed by atoms with Crippen molar-refractivity contribution in [2.75, 3.05) is 0 Å².